The second kappa shape index (κ2) is 5.75. The fourth-order valence-corrected chi connectivity index (χ4v) is 1.14. The molecule has 2 nitrogen and oxygen atoms in total. The summed E-state index contributed by atoms with van der Waals surface area (Å²) < 4.78 is 13.4. The van der Waals surface area contributed by atoms with E-state index in [2.05, 4.69) is 15.9 Å². The Kier molecular flexibility index (Phi) is 5.38. The number of halogens is 2. The highest BCUT2D eigenvalue weighted by molar-refractivity contribution is 9.10. The fraction of sp³-hybridized carbons (Fsp3) is 0.300. The van der Waals surface area contributed by atoms with Crippen molar-refractivity contribution in [1.29, 1.82) is 0 Å². The van der Waals surface area contributed by atoms with E-state index in [0.29, 0.717) is 10.0 Å². The lowest BCUT2D eigenvalue weighted by Gasteiger charge is -2.01. The van der Waals surface area contributed by atoms with Gasteiger partial charge < -0.3 is 5.11 Å². The number of rotatable bonds is 1. The summed E-state index contributed by atoms with van der Waals surface area (Å²) in [5, 5.41) is 8.53. The maximum atomic E-state index is 12.9. The Balaban J connectivity index is 0.000000791. The number of carboxylic acids is 1. The van der Waals surface area contributed by atoms with Gasteiger partial charge in [-0.2, -0.15) is 0 Å². The summed E-state index contributed by atoms with van der Waals surface area (Å²) in [5.41, 5.74) is 0.407. The van der Waals surface area contributed by atoms with Gasteiger partial charge in [0.1, 0.15) is 5.82 Å². The Hall–Kier alpha value is -0.900. The predicted octanol–water partition coefficient (Wildman–Crippen LogP) is 3.62. The second-order valence-corrected chi connectivity index (χ2v) is 3.24. The molecule has 14 heavy (non-hydrogen) atoms. The van der Waals surface area contributed by atoms with E-state index in [0.717, 1.165) is 6.07 Å². The van der Waals surface area contributed by atoms with E-state index in [-0.39, 0.29) is 5.56 Å². The van der Waals surface area contributed by atoms with E-state index in [1.807, 2.05) is 13.8 Å². The Bertz CT molecular complexity index is 337. The topological polar surface area (TPSA) is 37.3 Å². The molecule has 0 aliphatic heterocycles. The number of carboxylic acid groups (broad SMARTS) is 1. The quantitative estimate of drug-likeness (QED) is 0.840. The summed E-state index contributed by atoms with van der Waals surface area (Å²) >= 11 is 3.10. The Morgan fingerprint density at radius 1 is 1.43 bits per heavy atom. The highest BCUT2D eigenvalue weighted by Crippen LogP contribution is 2.20. The molecule has 0 heterocycles. The predicted molar refractivity (Wildman–Crippen MR) is 57.1 cm³/mol. The van der Waals surface area contributed by atoms with Crippen LogP contribution in [-0.4, -0.2) is 11.1 Å². The van der Waals surface area contributed by atoms with Gasteiger partial charge in [-0.25, -0.2) is 9.18 Å². The van der Waals surface area contributed by atoms with Gasteiger partial charge in [-0.05, 0) is 24.6 Å². The molecule has 0 saturated carbocycles. The van der Waals surface area contributed by atoms with Crippen molar-refractivity contribution in [2.24, 2.45) is 0 Å². The molecule has 0 atom stereocenters. The molecule has 0 amide bonds. The standard InChI is InChI=1S/C8H6BrFO2.C2H6/c1-4-2-5(8(11)12)7(10)3-6(4)9;1-2/h2-3H,1H3,(H,11,12);1-2H3. The van der Waals surface area contributed by atoms with Crippen LogP contribution >= 0.6 is 15.9 Å². The number of aromatic carboxylic acids is 1. The van der Waals surface area contributed by atoms with Gasteiger partial charge in [-0.3, -0.25) is 0 Å². The van der Waals surface area contributed by atoms with Crippen molar-refractivity contribution < 1.29 is 14.3 Å². The third kappa shape index (κ3) is 3.10. The fourth-order valence-electron chi connectivity index (χ4n) is 0.821. The van der Waals surface area contributed by atoms with Gasteiger partial charge >= 0.3 is 5.97 Å². The van der Waals surface area contributed by atoms with Crippen molar-refractivity contribution in [3.63, 3.8) is 0 Å². The lowest BCUT2D eigenvalue weighted by atomic mass is 10.1. The van der Waals surface area contributed by atoms with E-state index in [1.54, 1.807) is 6.92 Å². The minimum Gasteiger partial charge on any atom is -0.478 e. The molecule has 0 spiro atoms. The maximum absolute atomic E-state index is 12.9. The van der Waals surface area contributed by atoms with Gasteiger partial charge in [0.2, 0.25) is 0 Å². The van der Waals surface area contributed by atoms with Crippen molar-refractivity contribution in [3.05, 3.63) is 33.5 Å². The van der Waals surface area contributed by atoms with Gasteiger partial charge in [0.15, 0.2) is 0 Å². The first-order chi connectivity index (χ1) is 6.52. The van der Waals surface area contributed by atoms with E-state index in [1.165, 1.54) is 6.07 Å². The molecule has 78 valence electrons. The average Bonchev–Trinajstić information content (AvgIpc) is 2.14. The van der Waals surface area contributed by atoms with Crippen LogP contribution in [0.1, 0.15) is 29.8 Å². The lowest BCUT2D eigenvalue weighted by molar-refractivity contribution is 0.0691. The molecule has 0 bridgehead atoms. The minimum absolute atomic E-state index is 0.296. The zero-order chi connectivity index (χ0) is 11.3. The Morgan fingerprint density at radius 3 is 2.36 bits per heavy atom. The Labute approximate surface area is 90.9 Å². The van der Waals surface area contributed by atoms with Crippen LogP contribution in [0.25, 0.3) is 0 Å². The molecule has 1 N–H and O–H groups in total. The normalized spacial score (nSPS) is 8.93. The first kappa shape index (κ1) is 13.1. The molecule has 0 aliphatic carbocycles. The van der Waals surface area contributed by atoms with Crippen LogP contribution in [0.4, 0.5) is 4.39 Å². The molecule has 0 aliphatic rings. The molecular weight excluding hydrogens is 251 g/mol. The smallest absolute Gasteiger partial charge is 0.338 e. The van der Waals surface area contributed by atoms with E-state index in [4.69, 9.17) is 5.11 Å². The first-order valence-corrected chi connectivity index (χ1v) is 5.00. The van der Waals surface area contributed by atoms with E-state index >= 15 is 0 Å². The van der Waals surface area contributed by atoms with Crippen molar-refractivity contribution in [3.8, 4) is 0 Å². The number of aryl methyl sites for hydroxylation is 1. The highest BCUT2D eigenvalue weighted by Gasteiger charge is 2.11. The summed E-state index contributed by atoms with van der Waals surface area (Å²) in [7, 11) is 0. The molecule has 0 fully saturated rings. The van der Waals surface area contributed by atoms with E-state index in [9.17, 15) is 9.18 Å². The molecular formula is C10H12BrFO2. The zero-order valence-corrected chi connectivity index (χ0v) is 9.85. The molecule has 0 saturated heterocycles. The molecule has 0 radical (unpaired) electrons. The molecule has 1 rings (SSSR count). The maximum Gasteiger partial charge on any atom is 0.338 e. The number of benzene rings is 1. The SMILES string of the molecule is CC.Cc1cc(C(=O)O)c(F)cc1Br. The minimum atomic E-state index is -1.25. The molecule has 4 heteroatoms. The molecule has 0 unspecified atom stereocenters. The van der Waals surface area contributed by atoms with Crippen LogP contribution in [0.15, 0.2) is 16.6 Å². The summed E-state index contributed by atoms with van der Waals surface area (Å²) in [6.45, 7) is 5.70. The van der Waals surface area contributed by atoms with Crippen molar-refractivity contribution in [2.45, 2.75) is 20.8 Å². The van der Waals surface area contributed by atoms with Crippen LogP contribution in [0.3, 0.4) is 0 Å². The summed E-state index contributed by atoms with van der Waals surface area (Å²) in [6, 6.07) is 2.44. The van der Waals surface area contributed by atoms with Gasteiger partial charge in [-0.15, -0.1) is 0 Å². The van der Waals surface area contributed by atoms with Gasteiger partial charge in [0.25, 0.3) is 0 Å². The number of carbonyl (C=O) groups is 1. The Morgan fingerprint density at radius 2 is 1.93 bits per heavy atom. The lowest BCUT2D eigenvalue weighted by Crippen LogP contribution is -2.01. The van der Waals surface area contributed by atoms with Crippen LogP contribution in [0.2, 0.25) is 0 Å². The van der Waals surface area contributed by atoms with Gasteiger partial charge in [0, 0.05) is 4.47 Å². The average molecular weight is 263 g/mol. The molecule has 1 aromatic rings. The van der Waals surface area contributed by atoms with Crippen molar-refractivity contribution in [1.82, 2.24) is 0 Å². The van der Waals surface area contributed by atoms with Crippen LogP contribution in [0.5, 0.6) is 0 Å². The van der Waals surface area contributed by atoms with Gasteiger partial charge in [0.05, 0.1) is 5.56 Å². The summed E-state index contributed by atoms with van der Waals surface area (Å²) in [6.07, 6.45) is 0. The summed E-state index contributed by atoms with van der Waals surface area (Å²) in [5.74, 6) is -1.97. The number of hydrogen-bond donors (Lipinski definition) is 1. The van der Waals surface area contributed by atoms with Crippen LogP contribution < -0.4 is 0 Å². The van der Waals surface area contributed by atoms with E-state index < -0.39 is 11.8 Å². The van der Waals surface area contributed by atoms with Crippen molar-refractivity contribution in [2.75, 3.05) is 0 Å². The van der Waals surface area contributed by atoms with Crippen LogP contribution in [-0.2, 0) is 0 Å². The zero-order valence-electron chi connectivity index (χ0n) is 8.27. The number of hydrogen-bond acceptors (Lipinski definition) is 1. The van der Waals surface area contributed by atoms with Crippen molar-refractivity contribution >= 4 is 21.9 Å². The highest BCUT2D eigenvalue weighted by atomic mass is 79.9. The van der Waals surface area contributed by atoms with Gasteiger partial charge in [-0.1, -0.05) is 29.8 Å². The third-order valence-corrected chi connectivity index (χ3v) is 2.33. The summed E-state index contributed by atoms with van der Waals surface area (Å²) in [4.78, 5) is 10.4. The monoisotopic (exact) mass is 262 g/mol. The largest absolute Gasteiger partial charge is 0.478 e. The second-order valence-electron chi connectivity index (χ2n) is 2.39. The van der Waals surface area contributed by atoms with Crippen LogP contribution in [0, 0.1) is 12.7 Å². The third-order valence-electron chi connectivity index (χ3n) is 1.48. The first-order valence-electron chi connectivity index (χ1n) is 4.21. The molecule has 1 aromatic carbocycles. The molecule has 0 aromatic heterocycles.